The molecule has 0 aliphatic carbocycles. The fourth-order valence-electron chi connectivity index (χ4n) is 1.30. The van der Waals surface area contributed by atoms with Gasteiger partial charge >= 0.3 is 5.97 Å². The van der Waals surface area contributed by atoms with Crippen molar-refractivity contribution in [1.29, 1.82) is 0 Å². The molecule has 7 heteroatoms. The molecule has 6 nitrogen and oxygen atoms in total. The van der Waals surface area contributed by atoms with Crippen LogP contribution in [0.3, 0.4) is 0 Å². The van der Waals surface area contributed by atoms with E-state index < -0.39 is 5.97 Å². The molecule has 0 aromatic carbocycles. The minimum atomic E-state index is -0.971. The van der Waals surface area contributed by atoms with Gasteiger partial charge in [-0.3, -0.25) is 0 Å². The van der Waals surface area contributed by atoms with Crippen LogP contribution in [0.5, 0.6) is 11.8 Å². The number of aromatic nitrogens is 2. The number of rotatable bonds is 4. The first kappa shape index (κ1) is 12.3. The first-order chi connectivity index (χ1) is 8.63. The highest BCUT2D eigenvalue weighted by Crippen LogP contribution is 2.28. The number of nitrogens with zero attached hydrogens (tertiary/aromatic N) is 2. The number of hydrogen-bond donors (Lipinski definition) is 1. The molecule has 0 bridgehead atoms. The molecule has 0 fully saturated rings. The van der Waals surface area contributed by atoms with Crippen LogP contribution in [0.15, 0.2) is 18.2 Å². The number of carboxylic acids is 1. The Morgan fingerprint density at radius 1 is 1.22 bits per heavy atom. The number of carbonyl (C=O) groups is 1. The Labute approximate surface area is 107 Å². The van der Waals surface area contributed by atoms with Crippen LogP contribution < -0.4 is 9.47 Å². The van der Waals surface area contributed by atoms with E-state index >= 15 is 0 Å². The summed E-state index contributed by atoms with van der Waals surface area (Å²) in [5.74, 6) is 0.133. The third-order valence-electron chi connectivity index (χ3n) is 2.13. The number of thiophene rings is 1. The smallest absolute Gasteiger partial charge is 0.345 e. The van der Waals surface area contributed by atoms with Crippen molar-refractivity contribution in [2.24, 2.45) is 0 Å². The molecular formula is C11H10N2O4S. The Morgan fingerprint density at radius 2 is 1.83 bits per heavy atom. The van der Waals surface area contributed by atoms with Crippen molar-refractivity contribution in [2.45, 2.75) is 0 Å². The second-order valence-corrected chi connectivity index (χ2v) is 4.33. The van der Waals surface area contributed by atoms with Crippen molar-refractivity contribution in [2.75, 3.05) is 14.2 Å². The normalized spacial score (nSPS) is 10.1. The van der Waals surface area contributed by atoms with E-state index in [0.717, 1.165) is 11.3 Å². The second-order valence-electron chi connectivity index (χ2n) is 3.25. The zero-order chi connectivity index (χ0) is 13.1. The summed E-state index contributed by atoms with van der Waals surface area (Å²) in [7, 11) is 2.98. The van der Waals surface area contributed by atoms with Gasteiger partial charge in [-0.05, 0) is 12.1 Å². The molecule has 2 rings (SSSR count). The van der Waals surface area contributed by atoms with Crippen molar-refractivity contribution in [3.8, 4) is 22.5 Å². The standard InChI is InChI=1S/C11H10N2O4S/c1-16-8-5-9(17-2)13-10(12-8)6-3-4-7(18-6)11(14)15/h3-5H,1-2H3,(H,14,15). The number of carboxylic acid groups (broad SMARTS) is 1. The van der Waals surface area contributed by atoms with Gasteiger partial charge in [0, 0.05) is 0 Å². The van der Waals surface area contributed by atoms with Gasteiger partial charge in [-0.2, -0.15) is 9.97 Å². The molecule has 0 amide bonds. The molecule has 0 radical (unpaired) electrons. The summed E-state index contributed by atoms with van der Waals surface area (Å²) in [5.41, 5.74) is 0. The maximum Gasteiger partial charge on any atom is 0.345 e. The van der Waals surface area contributed by atoms with Crippen molar-refractivity contribution in [3.63, 3.8) is 0 Å². The molecule has 1 N–H and O–H groups in total. The van der Waals surface area contributed by atoms with Crippen molar-refractivity contribution < 1.29 is 19.4 Å². The zero-order valence-electron chi connectivity index (χ0n) is 9.71. The molecule has 0 aliphatic heterocycles. The maximum absolute atomic E-state index is 10.8. The lowest BCUT2D eigenvalue weighted by Crippen LogP contribution is -1.96. The second kappa shape index (κ2) is 5.01. The molecular weight excluding hydrogens is 256 g/mol. The highest BCUT2D eigenvalue weighted by atomic mass is 32.1. The van der Waals surface area contributed by atoms with E-state index in [9.17, 15) is 4.79 Å². The monoisotopic (exact) mass is 266 g/mol. The molecule has 2 aromatic rings. The van der Waals surface area contributed by atoms with Crippen LogP contribution in [-0.4, -0.2) is 35.3 Å². The van der Waals surface area contributed by atoms with Gasteiger partial charge in [0.2, 0.25) is 11.8 Å². The third kappa shape index (κ3) is 2.40. The lowest BCUT2D eigenvalue weighted by Gasteiger charge is -2.04. The Morgan fingerprint density at radius 3 is 2.28 bits per heavy atom. The molecule has 0 saturated heterocycles. The van der Waals surface area contributed by atoms with E-state index in [2.05, 4.69) is 9.97 Å². The molecule has 18 heavy (non-hydrogen) atoms. The molecule has 0 spiro atoms. The maximum atomic E-state index is 10.8. The minimum absolute atomic E-state index is 0.232. The molecule has 2 aromatic heterocycles. The molecule has 0 unspecified atom stereocenters. The summed E-state index contributed by atoms with van der Waals surface area (Å²) >= 11 is 1.10. The first-order valence-corrected chi connectivity index (χ1v) is 5.76. The largest absolute Gasteiger partial charge is 0.481 e. The SMILES string of the molecule is COc1cc(OC)nc(-c2ccc(C(=O)O)s2)n1. The molecule has 0 saturated carbocycles. The van der Waals surface area contributed by atoms with Crippen LogP contribution in [0.1, 0.15) is 9.67 Å². The van der Waals surface area contributed by atoms with Gasteiger partial charge in [0.25, 0.3) is 0 Å². The van der Waals surface area contributed by atoms with Crippen molar-refractivity contribution in [3.05, 3.63) is 23.1 Å². The average molecular weight is 266 g/mol. The number of hydrogen-bond acceptors (Lipinski definition) is 6. The summed E-state index contributed by atoms with van der Waals surface area (Å²) in [5, 5.41) is 8.87. The Bertz CT molecular complexity index is 560. The lowest BCUT2D eigenvalue weighted by molar-refractivity contribution is 0.0702. The van der Waals surface area contributed by atoms with Gasteiger partial charge in [-0.25, -0.2) is 4.79 Å². The van der Waals surface area contributed by atoms with E-state index in [0.29, 0.717) is 22.5 Å². The molecule has 0 aliphatic rings. The summed E-state index contributed by atoms with van der Waals surface area (Å²) in [6.45, 7) is 0. The van der Waals surface area contributed by atoms with Gasteiger partial charge in [0.05, 0.1) is 25.2 Å². The Kier molecular flexibility index (Phi) is 3.42. The van der Waals surface area contributed by atoms with Crippen LogP contribution in [0.4, 0.5) is 0 Å². The predicted octanol–water partition coefficient (Wildman–Crippen LogP) is 1.92. The van der Waals surface area contributed by atoms with E-state index in [1.54, 1.807) is 12.1 Å². The number of methoxy groups -OCH3 is 2. The van der Waals surface area contributed by atoms with E-state index in [-0.39, 0.29) is 4.88 Å². The minimum Gasteiger partial charge on any atom is -0.481 e. The third-order valence-corrected chi connectivity index (χ3v) is 3.20. The molecule has 94 valence electrons. The van der Waals surface area contributed by atoms with Crippen LogP contribution in [0, 0.1) is 0 Å². The van der Waals surface area contributed by atoms with Gasteiger partial charge in [-0.15, -0.1) is 11.3 Å². The Balaban J connectivity index is 2.45. The number of ether oxygens (including phenoxy) is 2. The van der Waals surface area contributed by atoms with Gasteiger partial charge in [0.15, 0.2) is 5.82 Å². The Hall–Kier alpha value is -2.15. The van der Waals surface area contributed by atoms with Gasteiger partial charge < -0.3 is 14.6 Å². The van der Waals surface area contributed by atoms with E-state index in [1.807, 2.05) is 0 Å². The summed E-state index contributed by atoms with van der Waals surface area (Å²) in [4.78, 5) is 20.0. The van der Waals surface area contributed by atoms with E-state index in [4.69, 9.17) is 14.6 Å². The van der Waals surface area contributed by atoms with Gasteiger partial charge in [0.1, 0.15) is 4.88 Å². The van der Waals surface area contributed by atoms with Crippen molar-refractivity contribution in [1.82, 2.24) is 9.97 Å². The lowest BCUT2D eigenvalue weighted by atomic mass is 10.4. The predicted molar refractivity (Wildman–Crippen MR) is 65.4 cm³/mol. The fourth-order valence-corrected chi connectivity index (χ4v) is 2.08. The van der Waals surface area contributed by atoms with Gasteiger partial charge in [-0.1, -0.05) is 0 Å². The zero-order valence-corrected chi connectivity index (χ0v) is 10.5. The average Bonchev–Trinajstić information content (AvgIpc) is 2.87. The van der Waals surface area contributed by atoms with Crippen LogP contribution in [0.25, 0.3) is 10.7 Å². The highest BCUT2D eigenvalue weighted by Gasteiger charge is 2.12. The fraction of sp³-hybridized carbons (Fsp3) is 0.182. The van der Waals surface area contributed by atoms with Crippen LogP contribution in [0.2, 0.25) is 0 Å². The van der Waals surface area contributed by atoms with Crippen LogP contribution >= 0.6 is 11.3 Å². The molecule has 2 heterocycles. The quantitative estimate of drug-likeness (QED) is 0.910. The molecule has 0 atom stereocenters. The van der Waals surface area contributed by atoms with E-state index in [1.165, 1.54) is 20.3 Å². The first-order valence-electron chi connectivity index (χ1n) is 4.94. The summed E-state index contributed by atoms with van der Waals surface area (Å²) in [6, 6.07) is 4.72. The topological polar surface area (TPSA) is 81.5 Å². The van der Waals surface area contributed by atoms with Crippen LogP contribution in [-0.2, 0) is 0 Å². The highest BCUT2D eigenvalue weighted by molar-refractivity contribution is 7.17. The summed E-state index contributed by atoms with van der Waals surface area (Å²) in [6.07, 6.45) is 0. The van der Waals surface area contributed by atoms with Crippen molar-refractivity contribution >= 4 is 17.3 Å². The summed E-state index contributed by atoms with van der Waals surface area (Å²) < 4.78 is 10.1. The number of aromatic carboxylic acids is 1.